The summed E-state index contributed by atoms with van der Waals surface area (Å²) in [6.45, 7) is 24.0. The fourth-order valence-electron chi connectivity index (χ4n) is 2.31. The Kier molecular flexibility index (Phi) is 6.96. The van der Waals surface area contributed by atoms with Crippen molar-refractivity contribution in [2.45, 2.75) is 102 Å². The third-order valence-corrected chi connectivity index (χ3v) is 15.3. The van der Waals surface area contributed by atoms with Crippen molar-refractivity contribution in [3.05, 3.63) is 0 Å². The van der Waals surface area contributed by atoms with Crippen molar-refractivity contribution in [1.82, 2.24) is 5.32 Å². The van der Waals surface area contributed by atoms with Crippen LogP contribution in [0.2, 0.25) is 36.3 Å². The highest BCUT2D eigenvalue weighted by molar-refractivity contribution is 6.74. The lowest BCUT2D eigenvalue weighted by Crippen LogP contribution is -2.61. The summed E-state index contributed by atoms with van der Waals surface area (Å²) in [5.74, 6) is 0. The van der Waals surface area contributed by atoms with Crippen molar-refractivity contribution in [1.29, 1.82) is 0 Å². The summed E-state index contributed by atoms with van der Waals surface area (Å²) < 4.78 is 13.0. The van der Waals surface area contributed by atoms with Crippen molar-refractivity contribution in [2.24, 2.45) is 0 Å². The minimum atomic E-state index is -1.93. The van der Waals surface area contributed by atoms with Crippen LogP contribution in [0.3, 0.4) is 0 Å². The summed E-state index contributed by atoms with van der Waals surface area (Å²) in [6.07, 6.45) is 0.161. The summed E-state index contributed by atoms with van der Waals surface area (Å²) in [5, 5.41) is 14.4. The third-order valence-electron chi connectivity index (χ3n) is 6.29. The van der Waals surface area contributed by atoms with Crippen molar-refractivity contribution in [3.8, 4) is 0 Å². The molecule has 1 fully saturated rings. The van der Waals surface area contributed by atoms with Crippen LogP contribution in [-0.2, 0) is 8.85 Å². The van der Waals surface area contributed by atoms with E-state index in [9.17, 15) is 5.11 Å². The molecular weight excluding hydrogens is 334 g/mol. The molecule has 3 atom stereocenters. The van der Waals surface area contributed by atoms with E-state index < -0.39 is 22.7 Å². The van der Waals surface area contributed by atoms with E-state index in [2.05, 4.69) is 73.0 Å². The van der Waals surface area contributed by atoms with Crippen molar-refractivity contribution in [3.63, 3.8) is 0 Å². The maximum atomic E-state index is 10.6. The molecule has 1 saturated heterocycles. The summed E-state index contributed by atoms with van der Waals surface area (Å²) in [5.41, 5.74) is 0. The molecule has 0 saturated carbocycles. The molecule has 0 aliphatic carbocycles. The minimum Gasteiger partial charge on any atom is -0.415 e. The van der Waals surface area contributed by atoms with Crippen molar-refractivity contribution >= 4 is 16.6 Å². The standard InChI is InChI=1S/C18H41NO3Si2/c1-17(2,3)23(7,8)21-13-14-16(15(20)11-12-19-14)22-24(9,10)18(4,5)6/h14-16,19-20H,11-13H2,1-10H3/t14-,15-,16-/m1/s1. The van der Waals surface area contributed by atoms with Gasteiger partial charge in [0, 0.05) is 0 Å². The van der Waals surface area contributed by atoms with E-state index in [0.29, 0.717) is 6.61 Å². The number of nitrogens with one attached hydrogen (secondary N) is 1. The largest absolute Gasteiger partial charge is 0.415 e. The minimum absolute atomic E-state index is 0.0667. The average Bonchev–Trinajstić information content (AvgIpc) is 2.36. The average molecular weight is 376 g/mol. The second kappa shape index (κ2) is 7.49. The molecule has 144 valence electrons. The van der Waals surface area contributed by atoms with E-state index in [-0.39, 0.29) is 22.2 Å². The van der Waals surface area contributed by atoms with Crippen LogP contribution in [0.15, 0.2) is 0 Å². The first-order valence-electron chi connectivity index (χ1n) is 9.32. The number of rotatable bonds is 5. The number of hydrogen-bond acceptors (Lipinski definition) is 4. The van der Waals surface area contributed by atoms with E-state index >= 15 is 0 Å². The fourth-order valence-corrected chi connectivity index (χ4v) is 4.70. The Labute approximate surface area is 152 Å². The second-order valence-corrected chi connectivity index (χ2v) is 19.9. The van der Waals surface area contributed by atoms with E-state index in [4.69, 9.17) is 8.85 Å². The second-order valence-electron chi connectivity index (χ2n) is 10.3. The maximum absolute atomic E-state index is 10.6. The lowest BCUT2D eigenvalue weighted by molar-refractivity contribution is -0.0292. The molecule has 1 heterocycles. The highest BCUT2D eigenvalue weighted by Gasteiger charge is 2.45. The molecule has 0 aromatic heterocycles. The Morgan fingerprint density at radius 3 is 1.92 bits per heavy atom. The molecule has 24 heavy (non-hydrogen) atoms. The van der Waals surface area contributed by atoms with Crippen LogP contribution in [0, 0.1) is 0 Å². The lowest BCUT2D eigenvalue weighted by atomic mass is 9.99. The summed E-state index contributed by atoms with van der Waals surface area (Å²) in [6, 6.07) is 0.0667. The van der Waals surface area contributed by atoms with Gasteiger partial charge in [0.1, 0.15) is 0 Å². The summed E-state index contributed by atoms with van der Waals surface area (Å²) >= 11 is 0. The van der Waals surface area contributed by atoms with E-state index in [1.54, 1.807) is 0 Å². The Hall–Kier alpha value is 0.274. The molecule has 1 aliphatic rings. The normalized spacial score (nSPS) is 27.4. The Morgan fingerprint density at radius 2 is 1.46 bits per heavy atom. The number of aliphatic hydroxyl groups is 1. The van der Waals surface area contributed by atoms with Crippen molar-refractivity contribution < 1.29 is 14.0 Å². The van der Waals surface area contributed by atoms with Gasteiger partial charge < -0.3 is 19.3 Å². The van der Waals surface area contributed by atoms with Gasteiger partial charge in [-0.1, -0.05) is 41.5 Å². The highest BCUT2D eigenvalue weighted by Crippen LogP contribution is 2.39. The van der Waals surface area contributed by atoms with Gasteiger partial charge in [-0.15, -0.1) is 0 Å². The monoisotopic (exact) mass is 375 g/mol. The van der Waals surface area contributed by atoms with Crippen LogP contribution >= 0.6 is 0 Å². The quantitative estimate of drug-likeness (QED) is 0.710. The Bertz CT molecular complexity index is 413. The first kappa shape index (κ1) is 22.3. The molecule has 4 nitrogen and oxygen atoms in total. The number of piperidine rings is 1. The predicted octanol–water partition coefficient (Wildman–Crippen LogP) is 4.12. The first-order valence-corrected chi connectivity index (χ1v) is 15.1. The van der Waals surface area contributed by atoms with Gasteiger partial charge in [-0.05, 0) is 49.2 Å². The molecule has 0 amide bonds. The van der Waals surface area contributed by atoms with Gasteiger partial charge in [0.05, 0.1) is 24.9 Å². The topological polar surface area (TPSA) is 50.7 Å². The van der Waals surface area contributed by atoms with Gasteiger partial charge in [0.15, 0.2) is 16.6 Å². The molecular formula is C18H41NO3Si2. The molecule has 0 spiro atoms. The molecule has 0 aromatic rings. The van der Waals surface area contributed by atoms with Gasteiger partial charge in [-0.2, -0.15) is 0 Å². The highest BCUT2D eigenvalue weighted by atomic mass is 28.4. The van der Waals surface area contributed by atoms with Crippen LogP contribution in [0.5, 0.6) is 0 Å². The summed E-state index contributed by atoms with van der Waals surface area (Å²) in [4.78, 5) is 0. The van der Waals surface area contributed by atoms with Crippen molar-refractivity contribution in [2.75, 3.05) is 13.2 Å². The van der Waals surface area contributed by atoms with E-state index in [1.165, 1.54) is 0 Å². The lowest BCUT2D eigenvalue weighted by Gasteiger charge is -2.46. The first-order chi connectivity index (χ1) is 10.6. The van der Waals surface area contributed by atoms with Crippen LogP contribution in [0.1, 0.15) is 48.0 Å². The predicted molar refractivity (Wildman–Crippen MR) is 108 cm³/mol. The van der Waals surface area contributed by atoms with Crippen LogP contribution < -0.4 is 5.32 Å². The maximum Gasteiger partial charge on any atom is 0.192 e. The molecule has 6 heteroatoms. The summed E-state index contributed by atoms with van der Waals surface area (Å²) in [7, 11) is -3.73. The van der Waals surface area contributed by atoms with E-state index in [1.807, 2.05) is 0 Å². The molecule has 0 unspecified atom stereocenters. The zero-order chi connectivity index (χ0) is 19.0. The smallest absolute Gasteiger partial charge is 0.192 e. The third kappa shape index (κ3) is 5.38. The van der Waals surface area contributed by atoms with E-state index in [0.717, 1.165) is 13.0 Å². The number of aliphatic hydroxyl groups excluding tert-OH is 1. The van der Waals surface area contributed by atoms with Gasteiger partial charge in [-0.3, -0.25) is 0 Å². The zero-order valence-electron chi connectivity index (χ0n) is 17.6. The van der Waals surface area contributed by atoms with Gasteiger partial charge >= 0.3 is 0 Å². The van der Waals surface area contributed by atoms with Gasteiger partial charge in [0.2, 0.25) is 0 Å². The number of hydrogen-bond donors (Lipinski definition) is 2. The molecule has 2 N–H and O–H groups in total. The molecule has 1 rings (SSSR count). The van der Waals surface area contributed by atoms with Gasteiger partial charge in [-0.25, -0.2) is 0 Å². The van der Waals surface area contributed by atoms with Crippen LogP contribution in [-0.4, -0.2) is 53.1 Å². The molecule has 0 bridgehead atoms. The van der Waals surface area contributed by atoms with Gasteiger partial charge in [0.25, 0.3) is 0 Å². The molecule has 0 radical (unpaired) electrons. The van der Waals surface area contributed by atoms with Crippen LogP contribution in [0.25, 0.3) is 0 Å². The SMILES string of the molecule is CC(C)(C)[Si](C)(C)OC[C@H]1NCC[C@@H](O)[C@@H]1O[Si](C)(C)C(C)(C)C. The Morgan fingerprint density at radius 1 is 0.958 bits per heavy atom. The molecule has 0 aromatic carbocycles. The zero-order valence-corrected chi connectivity index (χ0v) is 19.6. The Balaban J connectivity index is 2.84. The van der Waals surface area contributed by atoms with Crippen LogP contribution in [0.4, 0.5) is 0 Å². The fraction of sp³-hybridized carbons (Fsp3) is 1.00. The molecule has 1 aliphatic heterocycles.